The summed E-state index contributed by atoms with van der Waals surface area (Å²) in [5, 5.41) is 9.33. The molecular weight excluding hydrogens is 429 g/mol. The molecule has 0 rings (SSSR count). The molecule has 150 valence electrons. The van der Waals surface area contributed by atoms with Gasteiger partial charge in [0, 0.05) is 51.2 Å². The molecule has 0 aromatic carbocycles. The van der Waals surface area contributed by atoms with E-state index in [0.29, 0.717) is 25.0 Å². The summed E-state index contributed by atoms with van der Waals surface area (Å²) in [6, 6.07) is 1.11. The van der Waals surface area contributed by atoms with Crippen molar-refractivity contribution < 1.29 is 4.79 Å². The third-order valence-electron chi connectivity index (χ3n) is 3.73. The van der Waals surface area contributed by atoms with Crippen LogP contribution in [0.15, 0.2) is 4.99 Å². The molecule has 7 heteroatoms. The fraction of sp³-hybridized carbons (Fsp3) is 0.889. The van der Waals surface area contributed by atoms with Crippen LogP contribution in [-0.4, -0.2) is 61.6 Å². The molecule has 0 atom stereocenters. The van der Waals surface area contributed by atoms with E-state index in [0.717, 1.165) is 45.0 Å². The second-order valence-corrected chi connectivity index (χ2v) is 6.57. The third-order valence-corrected chi connectivity index (χ3v) is 3.73. The lowest BCUT2D eigenvalue weighted by atomic mass is 10.2. The minimum atomic E-state index is 0. The molecular formula is C18H40IN5O. The molecule has 0 saturated carbocycles. The number of hydrogen-bond donors (Lipinski definition) is 3. The van der Waals surface area contributed by atoms with E-state index in [1.807, 2.05) is 13.8 Å². The van der Waals surface area contributed by atoms with E-state index in [1.54, 1.807) is 0 Å². The van der Waals surface area contributed by atoms with Crippen LogP contribution in [0.25, 0.3) is 0 Å². The fourth-order valence-corrected chi connectivity index (χ4v) is 2.55. The SMILES string of the molecule is CCCNC(=O)CCNC(=NCCCN(C(C)C)C(C)C)NCC.I. The maximum absolute atomic E-state index is 11.6. The lowest BCUT2D eigenvalue weighted by Gasteiger charge is -2.30. The van der Waals surface area contributed by atoms with E-state index in [-0.39, 0.29) is 29.9 Å². The van der Waals surface area contributed by atoms with Gasteiger partial charge in [0.1, 0.15) is 0 Å². The molecule has 0 saturated heterocycles. The molecule has 0 aromatic rings. The number of carbonyl (C=O) groups excluding carboxylic acids is 1. The van der Waals surface area contributed by atoms with Crippen LogP contribution in [0, 0.1) is 0 Å². The average Bonchev–Trinajstić information content (AvgIpc) is 2.51. The average molecular weight is 469 g/mol. The Balaban J connectivity index is 0. The Labute approximate surface area is 172 Å². The number of carbonyl (C=O) groups is 1. The van der Waals surface area contributed by atoms with E-state index in [9.17, 15) is 4.79 Å². The molecule has 0 bridgehead atoms. The van der Waals surface area contributed by atoms with Gasteiger partial charge in [-0.2, -0.15) is 0 Å². The maximum Gasteiger partial charge on any atom is 0.221 e. The fourth-order valence-electron chi connectivity index (χ4n) is 2.55. The summed E-state index contributed by atoms with van der Waals surface area (Å²) in [4.78, 5) is 18.7. The van der Waals surface area contributed by atoms with Crippen molar-refractivity contribution in [1.82, 2.24) is 20.9 Å². The van der Waals surface area contributed by atoms with E-state index < -0.39 is 0 Å². The molecule has 0 spiro atoms. The van der Waals surface area contributed by atoms with Gasteiger partial charge in [0.15, 0.2) is 5.96 Å². The summed E-state index contributed by atoms with van der Waals surface area (Å²) in [6.07, 6.45) is 2.47. The normalized spacial score (nSPS) is 11.6. The van der Waals surface area contributed by atoms with Gasteiger partial charge in [-0.25, -0.2) is 0 Å². The molecule has 0 fully saturated rings. The van der Waals surface area contributed by atoms with Gasteiger partial charge in [-0.15, -0.1) is 24.0 Å². The van der Waals surface area contributed by atoms with Gasteiger partial charge in [0.2, 0.25) is 5.91 Å². The summed E-state index contributed by atoms with van der Waals surface area (Å²) in [6.45, 7) is 17.0. The quantitative estimate of drug-likeness (QED) is 0.178. The van der Waals surface area contributed by atoms with E-state index in [1.165, 1.54) is 0 Å². The van der Waals surface area contributed by atoms with Crippen LogP contribution in [0.2, 0.25) is 0 Å². The van der Waals surface area contributed by atoms with Crippen LogP contribution >= 0.6 is 24.0 Å². The Hall–Kier alpha value is -0.570. The minimum absolute atomic E-state index is 0. The smallest absolute Gasteiger partial charge is 0.221 e. The summed E-state index contributed by atoms with van der Waals surface area (Å²) in [5.74, 6) is 0.881. The van der Waals surface area contributed by atoms with Crippen LogP contribution < -0.4 is 16.0 Å². The van der Waals surface area contributed by atoms with Crippen molar-refractivity contribution in [2.45, 2.75) is 72.9 Å². The number of rotatable bonds is 12. The van der Waals surface area contributed by atoms with Gasteiger partial charge in [0.05, 0.1) is 0 Å². The highest BCUT2D eigenvalue weighted by Crippen LogP contribution is 2.05. The van der Waals surface area contributed by atoms with E-state index in [4.69, 9.17) is 0 Å². The first kappa shape index (κ1) is 26.7. The molecule has 0 unspecified atom stereocenters. The minimum Gasteiger partial charge on any atom is -0.357 e. The Morgan fingerprint density at radius 2 is 1.64 bits per heavy atom. The zero-order valence-electron chi connectivity index (χ0n) is 17.0. The number of halogens is 1. The van der Waals surface area contributed by atoms with Crippen LogP contribution in [0.4, 0.5) is 0 Å². The van der Waals surface area contributed by atoms with Crippen molar-refractivity contribution in [2.24, 2.45) is 4.99 Å². The molecule has 25 heavy (non-hydrogen) atoms. The number of nitrogens with one attached hydrogen (secondary N) is 3. The Morgan fingerprint density at radius 3 is 2.16 bits per heavy atom. The maximum atomic E-state index is 11.6. The van der Waals surface area contributed by atoms with Crippen molar-refractivity contribution >= 4 is 35.8 Å². The summed E-state index contributed by atoms with van der Waals surface area (Å²) in [7, 11) is 0. The first-order valence-corrected chi connectivity index (χ1v) is 9.46. The van der Waals surface area contributed by atoms with Gasteiger partial charge in [0.25, 0.3) is 0 Å². The van der Waals surface area contributed by atoms with Gasteiger partial charge in [-0.3, -0.25) is 14.7 Å². The lowest BCUT2D eigenvalue weighted by molar-refractivity contribution is -0.120. The predicted octanol–water partition coefficient (Wildman–Crippen LogP) is 2.58. The molecule has 0 radical (unpaired) electrons. The Morgan fingerprint density at radius 1 is 1.00 bits per heavy atom. The van der Waals surface area contributed by atoms with Crippen LogP contribution in [-0.2, 0) is 4.79 Å². The molecule has 3 N–H and O–H groups in total. The van der Waals surface area contributed by atoms with Crippen LogP contribution in [0.5, 0.6) is 0 Å². The molecule has 1 amide bonds. The molecule has 0 aliphatic rings. The highest BCUT2D eigenvalue weighted by molar-refractivity contribution is 14.0. The van der Waals surface area contributed by atoms with E-state index in [2.05, 4.69) is 53.5 Å². The van der Waals surface area contributed by atoms with Crippen molar-refractivity contribution in [2.75, 3.05) is 32.7 Å². The second-order valence-electron chi connectivity index (χ2n) is 6.57. The highest BCUT2D eigenvalue weighted by atomic mass is 127. The summed E-state index contributed by atoms with van der Waals surface area (Å²) >= 11 is 0. The number of amides is 1. The Kier molecular flexibility index (Phi) is 18.0. The molecule has 0 heterocycles. The standard InChI is InChI=1S/C18H39N5O.HI/c1-7-11-20-17(24)10-13-22-18(19-8-2)21-12-9-14-23(15(3)4)16(5)6;/h15-16H,7-14H2,1-6H3,(H,20,24)(H2,19,21,22);1H. The van der Waals surface area contributed by atoms with Crippen molar-refractivity contribution in [3.05, 3.63) is 0 Å². The zero-order valence-corrected chi connectivity index (χ0v) is 19.4. The van der Waals surface area contributed by atoms with Crippen molar-refractivity contribution in [3.63, 3.8) is 0 Å². The largest absolute Gasteiger partial charge is 0.357 e. The third kappa shape index (κ3) is 14.3. The highest BCUT2D eigenvalue weighted by Gasteiger charge is 2.12. The van der Waals surface area contributed by atoms with Crippen LogP contribution in [0.1, 0.15) is 60.8 Å². The van der Waals surface area contributed by atoms with Gasteiger partial charge >= 0.3 is 0 Å². The van der Waals surface area contributed by atoms with Gasteiger partial charge in [-0.1, -0.05) is 6.92 Å². The number of hydrogen-bond acceptors (Lipinski definition) is 3. The first-order chi connectivity index (χ1) is 11.4. The second kappa shape index (κ2) is 16.9. The van der Waals surface area contributed by atoms with Gasteiger partial charge < -0.3 is 16.0 Å². The lowest BCUT2D eigenvalue weighted by Crippen LogP contribution is -2.40. The Bertz CT molecular complexity index is 353. The monoisotopic (exact) mass is 469 g/mol. The van der Waals surface area contributed by atoms with E-state index >= 15 is 0 Å². The summed E-state index contributed by atoms with van der Waals surface area (Å²) in [5.41, 5.74) is 0. The molecule has 0 aromatic heterocycles. The molecule has 6 nitrogen and oxygen atoms in total. The molecule has 0 aliphatic heterocycles. The van der Waals surface area contributed by atoms with Crippen molar-refractivity contribution in [3.8, 4) is 0 Å². The summed E-state index contributed by atoms with van der Waals surface area (Å²) < 4.78 is 0. The first-order valence-electron chi connectivity index (χ1n) is 9.46. The number of aliphatic imine (C=N–C) groups is 1. The predicted molar refractivity (Wildman–Crippen MR) is 119 cm³/mol. The zero-order chi connectivity index (χ0) is 18.4. The van der Waals surface area contributed by atoms with Crippen LogP contribution in [0.3, 0.4) is 0 Å². The van der Waals surface area contributed by atoms with Gasteiger partial charge in [-0.05, 0) is 47.5 Å². The number of guanidine groups is 1. The molecule has 0 aliphatic carbocycles. The topological polar surface area (TPSA) is 68.8 Å². The number of nitrogens with zero attached hydrogens (tertiary/aromatic N) is 2. The van der Waals surface area contributed by atoms with Crippen molar-refractivity contribution in [1.29, 1.82) is 0 Å².